The maximum atomic E-state index is 11.1. The molecule has 1 heterocycles. The van der Waals surface area contributed by atoms with E-state index in [1.807, 2.05) is 6.92 Å². The van der Waals surface area contributed by atoms with E-state index in [2.05, 4.69) is 5.32 Å². The van der Waals surface area contributed by atoms with Gasteiger partial charge in [0.1, 0.15) is 0 Å². The Hall–Kier alpha value is -0.610. The SMILES string of the molecule is CCCOC(=O)CCOC1CCNCC1. The minimum absolute atomic E-state index is 0.147. The van der Waals surface area contributed by atoms with E-state index in [-0.39, 0.29) is 5.97 Å². The maximum Gasteiger partial charge on any atom is 0.308 e. The monoisotopic (exact) mass is 215 g/mol. The van der Waals surface area contributed by atoms with Crippen LogP contribution in [-0.4, -0.2) is 38.4 Å². The van der Waals surface area contributed by atoms with E-state index in [1.54, 1.807) is 0 Å². The first-order valence-corrected chi connectivity index (χ1v) is 5.81. The van der Waals surface area contributed by atoms with Crippen LogP contribution in [-0.2, 0) is 14.3 Å². The number of hydrogen-bond donors (Lipinski definition) is 1. The van der Waals surface area contributed by atoms with Crippen LogP contribution in [0.3, 0.4) is 0 Å². The highest BCUT2D eigenvalue weighted by Gasteiger charge is 2.13. The summed E-state index contributed by atoms with van der Waals surface area (Å²) in [5.41, 5.74) is 0. The smallest absolute Gasteiger partial charge is 0.308 e. The molecule has 1 fully saturated rings. The van der Waals surface area contributed by atoms with Crippen LogP contribution in [0.15, 0.2) is 0 Å². The van der Waals surface area contributed by atoms with Gasteiger partial charge in [0.25, 0.3) is 0 Å². The Morgan fingerprint density at radius 2 is 2.07 bits per heavy atom. The Bertz CT molecular complexity index is 179. The fourth-order valence-electron chi connectivity index (χ4n) is 1.56. The highest BCUT2D eigenvalue weighted by Crippen LogP contribution is 2.07. The zero-order valence-corrected chi connectivity index (χ0v) is 9.46. The van der Waals surface area contributed by atoms with E-state index in [9.17, 15) is 4.79 Å². The predicted molar refractivity (Wildman–Crippen MR) is 57.7 cm³/mol. The predicted octanol–water partition coefficient (Wildman–Crippen LogP) is 1.10. The zero-order chi connectivity index (χ0) is 10.9. The van der Waals surface area contributed by atoms with Crippen molar-refractivity contribution in [1.82, 2.24) is 5.32 Å². The van der Waals surface area contributed by atoms with Crippen molar-refractivity contribution in [3.63, 3.8) is 0 Å². The Balaban J connectivity index is 1.97. The highest BCUT2D eigenvalue weighted by molar-refractivity contribution is 5.69. The molecule has 0 aromatic rings. The van der Waals surface area contributed by atoms with Gasteiger partial charge in [-0.3, -0.25) is 4.79 Å². The number of piperidine rings is 1. The number of carbonyl (C=O) groups excluding carboxylic acids is 1. The van der Waals surface area contributed by atoms with Crippen LogP contribution in [0.1, 0.15) is 32.6 Å². The average molecular weight is 215 g/mol. The lowest BCUT2D eigenvalue weighted by Crippen LogP contribution is -2.32. The standard InChI is InChI=1S/C11H21NO3/c1-2-8-15-11(13)5-9-14-10-3-6-12-7-4-10/h10,12H,2-9H2,1H3. The van der Waals surface area contributed by atoms with Gasteiger partial charge in [-0.15, -0.1) is 0 Å². The van der Waals surface area contributed by atoms with E-state index in [1.165, 1.54) is 0 Å². The van der Waals surface area contributed by atoms with Gasteiger partial charge in [0.15, 0.2) is 0 Å². The molecule has 0 atom stereocenters. The molecule has 0 radical (unpaired) electrons. The van der Waals surface area contributed by atoms with Crippen molar-refractivity contribution in [3.05, 3.63) is 0 Å². The molecular formula is C11H21NO3. The van der Waals surface area contributed by atoms with Gasteiger partial charge in [0.2, 0.25) is 0 Å². The van der Waals surface area contributed by atoms with E-state index in [0.29, 0.717) is 25.7 Å². The third-order valence-corrected chi connectivity index (χ3v) is 2.41. The molecule has 0 bridgehead atoms. The first kappa shape index (κ1) is 12.5. The van der Waals surface area contributed by atoms with Crippen molar-refractivity contribution in [2.45, 2.75) is 38.7 Å². The molecule has 88 valence electrons. The van der Waals surface area contributed by atoms with Gasteiger partial charge < -0.3 is 14.8 Å². The summed E-state index contributed by atoms with van der Waals surface area (Å²) in [6, 6.07) is 0. The number of rotatable bonds is 6. The second-order valence-electron chi connectivity index (χ2n) is 3.79. The lowest BCUT2D eigenvalue weighted by molar-refractivity contribution is -0.145. The van der Waals surface area contributed by atoms with Crippen molar-refractivity contribution in [2.24, 2.45) is 0 Å². The van der Waals surface area contributed by atoms with Crippen molar-refractivity contribution >= 4 is 5.97 Å². The fraction of sp³-hybridized carbons (Fsp3) is 0.909. The summed E-state index contributed by atoms with van der Waals surface area (Å²) < 4.78 is 10.5. The number of carbonyl (C=O) groups is 1. The van der Waals surface area contributed by atoms with E-state index in [0.717, 1.165) is 32.4 Å². The molecule has 1 N–H and O–H groups in total. The summed E-state index contributed by atoms with van der Waals surface area (Å²) in [4.78, 5) is 11.1. The second-order valence-corrected chi connectivity index (χ2v) is 3.79. The minimum atomic E-state index is -0.147. The Labute approximate surface area is 91.3 Å². The van der Waals surface area contributed by atoms with Crippen LogP contribution in [0.25, 0.3) is 0 Å². The quantitative estimate of drug-likeness (QED) is 0.674. The summed E-state index contributed by atoms with van der Waals surface area (Å²) in [7, 11) is 0. The molecule has 1 aliphatic heterocycles. The Kier molecular flexibility index (Phi) is 6.36. The summed E-state index contributed by atoms with van der Waals surface area (Å²) in [5.74, 6) is -0.147. The number of esters is 1. The molecule has 0 amide bonds. The minimum Gasteiger partial charge on any atom is -0.466 e. The molecule has 4 nitrogen and oxygen atoms in total. The first-order valence-electron chi connectivity index (χ1n) is 5.81. The lowest BCUT2D eigenvalue weighted by Gasteiger charge is -2.22. The first-order chi connectivity index (χ1) is 7.33. The number of nitrogens with one attached hydrogen (secondary N) is 1. The third kappa shape index (κ3) is 5.74. The number of ether oxygens (including phenoxy) is 2. The van der Waals surface area contributed by atoms with Gasteiger partial charge in [-0.25, -0.2) is 0 Å². The molecule has 0 aromatic heterocycles. The molecule has 1 aliphatic rings. The molecular weight excluding hydrogens is 194 g/mol. The van der Waals surface area contributed by atoms with E-state index >= 15 is 0 Å². The van der Waals surface area contributed by atoms with Gasteiger partial charge in [-0.1, -0.05) is 6.92 Å². The van der Waals surface area contributed by atoms with Crippen LogP contribution in [0.5, 0.6) is 0 Å². The summed E-state index contributed by atoms with van der Waals surface area (Å²) in [6.45, 7) is 5.04. The summed E-state index contributed by atoms with van der Waals surface area (Å²) in [6.07, 6.45) is 3.67. The zero-order valence-electron chi connectivity index (χ0n) is 9.46. The molecule has 1 saturated heterocycles. The van der Waals surface area contributed by atoms with Gasteiger partial charge in [0.05, 0.1) is 25.7 Å². The molecule has 0 aromatic carbocycles. The largest absolute Gasteiger partial charge is 0.466 e. The van der Waals surface area contributed by atoms with Crippen LogP contribution in [0.4, 0.5) is 0 Å². The molecule has 0 aliphatic carbocycles. The highest BCUT2D eigenvalue weighted by atomic mass is 16.5. The normalized spacial score (nSPS) is 17.7. The van der Waals surface area contributed by atoms with Crippen LogP contribution in [0, 0.1) is 0 Å². The van der Waals surface area contributed by atoms with Crippen molar-refractivity contribution < 1.29 is 14.3 Å². The topological polar surface area (TPSA) is 47.6 Å². The van der Waals surface area contributed by atoms with Crippen molar-refractivity contribution in [3.8, 4) is 0 Å². The molecule has 0 saturated carbocycles. The van der Waals surface area contributed by atoms with Crippen molar-refractivity contribution in [1.29, 1.82) is 0 Å². The summed E-state index contributed by atoms with van der Waals surface area (Å²) >= 11 is 0. The fourth-order valence-corrected chi connectivity index (χ4v) is 1.56. The van der Waals surface area contributed by atoms with E-state index in [4.69, 9.17) is 9.47 Å². The molecule has 4 heteroatoms. The molecule has 1 rings (SSSR count). The molecule has 0 spiro atoms. The second kappa shape index (κ2) is 7.65. The number of hydrogen-bond acceptors (Lipinski definition) is 4. The van der Waals surface area contributed by atoms with Crippen LogP contribution in [0.2, 0.25) is 0 Å². The Morgan fingerprint density at radius 3 is 2.73 bits per heavy atom. The van der Waals surface area contributed by atoms with Gasteiger partial charge >= 0.3 is 5.97 Å². The van der Waals surface area contributed by atoms with Crippen molar-refractivity contribution in [2.75, 3.05) is 26.3 Å². The molecule has 15 heavy (non-hydrogen) atoms. The third-order valence-electron chi connectivity index (χ3n) is 2.41. The maximum absolute atomic E-state index is 11.1. The summed E-state index contributed by atoms with van der Waals surface area (Å²) in [5, 5.41) is 3.27. The Morgan fingerprint density at radius 1 is 1.33 bits per heavy atom. The lowest BCUT2D eigenvalue weighted by atomic mass is 10.1. The van der Waals surface area contributed by atoms with Gasteiger partial charge in [0, 0.05) is 0 Å². The molecule has 0 unspecified atom stereocenters. The van der Waals surface area contributed by atoms with E-state index < -0.39 is 0 Å². The average Bonchev–Trinajstić information content (AvgIpc) is 2.28. The van der Waals surface area contributed by atoms with Gasteiger partial charge in [-0.05, 0) is 32.4 Å². The van der Waals surface area contributed by atoms with Crippen LogP contribution >= 0.6 is 0 Å². The van der Waals surface area contributed by atoms with Gasteiger partial charge in [-0.2, -0.15) is 0 Å². The van der Waals surface area contributed by atoms with Crippen LogP contribution < -0.4 is 5.32 Å².